The molecular formula is C23H29N5O. The molecule has 2 aromatic carbocycles. The molecule has 6 nitrogen and oxygen atoms in total. The standard InChI is InChI=1S/C23H29N5O/c1-18(2)29-22-11-9-19(10-12-22)15-25-23(24-3)26-16-20-7-4-5-8-21(20)17-28-14-6-13-27-28/h4-14,18H,15-17H2,1-3H3,(H2,24,25,26). The van der Waals surface area contributed by atoms with Crippen LogP contribution >= 0.6 is 0 Å². The molecule has 3 rings (SSSR count). The number of benzene rings is 2. The van der Waals surface area contributed by atoms with Gasteiger partial charge in [-0.25, -0.2) is 0 Å². The summed E-state index contributed by atoms with van der Waals surface area (Å²) < 4.78 is 7.62. The van der Waals surface area contributed by atoms with Crippen LogP contribution in [0.4, 0.5) is 0 Å². The highest BCUT2D eigenvalue weighted by Gasteiger charge is 2.05. The van der Waals surface area contributed by atoms with E-state index in [-0.39, 0.29) is 6.10 Å². The average Bonchev–Trinajstić information content (AvgIpc) is 3.23. The Morgan fingerprint density at radius 2 is 1.72 bits per heavy atom. The summed E-state index contributed by atoms with van der Waals surface area (Å²) in [6.45, 7) is 6.19. The second-order valence-corrected chi connectivity index (χ2v) is 7.06. The molecule has 0 saturated heterocycles. The molecule has 152 valence electrons. The third-order valence-electron chi connectivity index (χ3n) is 4.43. The lowest BCUT2D eigenvalue weighted by Gasteiger charge is -2.15. The highest BCUT2D eigenvalue weighted by Crippen LogP contribution is 2.14. The van der Waals surface area contributed by atoms with E-state index in [1.54, 1.807) is 13.2 Å². The third-order valence-corrected chi connectivity index (χ3v) is 4.43. The van der Waals surface area contributed by atoms with Gasteiger partial charge in [0.15, 0.2) is 5.96 Å². The molecule has 0 aliphatic carbocycles. The van der Waals surface area contributed by atoms with E-state index >= 15 is 0 Å². The van der Waals surface area contributed by atoms with Gasteiger partial charge in [0.25, 0.3) is 0 Å². The van der Waals surface area contributed by atoms with Gasteiger partial charge in [0.1, 0.15) is 5.75 Å². The van der Waals surface area contributed by atoms with Crippen molar-refractivity contribution in [3.05, 3.63) is 83.7 Å². The second kappa shape index (κ2) is 10.3. The van der Waals surface area contributed by atoms with Crippen molar-refractivity contribution in [2.75, 3.05) is 7.05 Å². The largest absolute Gasteiger partial charge is 0.491 e. The Hall–Kier alpha value is -3.28. The van der Waals surface area contributed by atoms with Gasteiger partial charge in [-0.15, -0.1) is 0 Å². The van der Waals surface area contributed by atoms with Gasteiger partial charge in [-0.3, -0.25) is 9.67 Å². The molecule has 0 unspecified atom stereocenters. The van der Waals surface area contributed by atoms with Crippen molar-refractivity contribution in [3.63, 3.8) is 0 Å². The lowest BCUT2D eigenvalue weighted by molar-refractivity contribution is 0.242. The number of nitrogens with zero attached hydrogens (tertiary/aromatic N) is 3. The molecule has 1 heterocycles. The van der Waals surface area contributed by atoms with E-state index in [2.05, 4.69) is 57.1 Å². The second-order valence-electron chi connectivity index (χ2n) is 7.06. The topological polar surface area (TPSA) is 63.5 Å². The molecule has 0 aliphatic heterocycles. The number of rotatable bonds is 8. The zero-order valence-corrected chi connectivity index (χ0v) is 17.3. The van der Waals surface area contributed by atoms with Crippen LogP contribution in [0.2, 0.25) is 0 Å². The number of aliphatic imine (C=N–C) groups is 1. The Kier molecular flexibility index (Phi) is 7.28. The van der Waals surface area contributed by atoms with E-state index in [4.69, 9.17) is 4.74 Å². The average molecular weight is 392 g/mol. The van der Waals surface area contributed by atoms with Crippen molar-refractivity contribution < 1.29 is 4.74 Å². The Bertz CT molecular complexity index is 901. The van der Waals surface area contributed by atoms with Crippen LogP contribution in [0.3, 0.4) is 0 Å². The first-order chi connectivity index (χ1) is 14.1. The zero-order valence-electron chi connectivity index (χ0n) is 17.3. The molecule has 0 amide bonds. The molecule has 0 spiro atoms. The minimum Gasteiger partial charge on any atom is -0.491 e. The Labute approximate surface area is 172 Å². The van der Waals surface area contributed by atoms with Crippen molar-refractivity contribution in [2.45, 2.75) is 39.6 Å². The highest BCUT2D eigenvalue weighted by molar-refractivity contribution is 5.79. The first-order valence-corrected chi connectivity index (χ1v) is 9.88. The summed E-state index contributed by atoms with van der Waals surface area (Å²) in [7, 11) is 1.78. The first-order valence-electron chi connectivity index (χ1n) is 9.88. The van der Waals surface area contributed by atoms with Crippen molar-refractivity contribution >= 4 is 5.96 Å². The smallest absolute Gasteiger partial charge is 0.191 e. The van der Waals surface area contributed by atoms with E-state index < -0.39 is 0 Å². The summed E-state index contributed by atoms with van der Waals surface area (Å²) in [6, 6.07) is 18.4. The van der Waals surface area contributed by atoms with E-state index in [0.29, 0.717) is 13.1 Å². The maximum Gasteiger partial charge on any atom is 0.191 e. The van der Waals surface area contributed by atoms with Crippen LogP contribution < -0.4 is 15.4 Å². The Balaban J connectivity index is 1.53. The molecule has 0 fully saturated rings. The van der Waals surface area contributed by atoms with E-state index in [0.717, 1.165) is 18.3 Å². The maximum absolute atomic E-state index is 5.69. The van der Waals surface area contributed by atoms with Crippen LogP contribution in [0.25, 0.3) is 0 Å². The molecule has 0 saturated carbocycles. The van der Waals surface area contributed by atoms with Crippen LogP contribution in [0.5, 0.6) is 5.75 Å². The quantitative estimate of drug-likeness (QED) is 0.455. The predicted octanol–water partition coefficient (Wildman–Crippen LogP) is 3.58. The molecule has 0 atom stereocenters. The number of ether oxygens (including phenoxy) is 1. The first kappa shape index (κ1) is 20.5. The van der Waals surface area contributed by atoms with E-state index in [9.17, 15) is 0 Å². The van der Waals surface area contributed by atoms with Gasteiger partial charge in [-0.05, 0) is 48.7 Å². The monoisotopic (exact) mass is 391 g/mol. The molecule has 2 N–H and O–H groups in total. The fourth-order valence-electron chi connectivity index (χ4n) is 3.00. The van der Waals surface area contributed by atoms with Gasteiger partial charge in [0.2, 0.25) is 0 Å². The van der Waals surface area contributed by atoms with Crippen LogP contribution in [0.15, 0.2) is 72.0 Å². The summed E-state index contributed by atoms with van der Waals surface area (Å²) in [5.41, 5.74) is 3.63. The highest BCUT2D eigenvalue weighted by atomic mass is 16.5. The lowest BCUT2D eigenvalue weighted by atomic mass is 10.1. The van der Waals surface area contributed by atoms with Crippen LogP contribution in [-0.2, 0) is 19.6 Å². The molecule has 0 radical (unpaired) electrons. The summed E-state index contributed by atoms with van der Waals surface area (Å²) >= 11 is 0. The Morgan fingerprint density at radius 3 is 2.38 bits per heavy atom. The summed E-state index contributed by atoms with van der Waals surface area (Å²) in [5, 5.41) is 11.1. The van der Waals surface area contributed by atoms with Crippen molar-refractivity contribution in [1.29, 1.82) is 0 Å². The van der Waals surface area contributed by atoms with Crippen LogP contribution in [-0.4, -0.2) is 28.9 Å². The summed E-state index contributed by atoms with van der Waals surface area (Å²) in [6.07, 6.45) is 3.95. The molecular weight excluding hydrogens is 362 g/mol. The summed E-state index contributed by atoms with van der Waals surface area (Å²) in [4.78, 5) is 4.33. The number of guanidine groups is 1. The summed E-state index contributed by atoms with van der Waals surface area (Å²) in [5.74, 6) is 1.65. The van der Waals surface area contributed by atoms with Crippen molar-refractivity contribution in [3.8, 4) is 5.75 Å². The SMILES string of the molecule is CN=C(NCc1ccc(OC(C)C)cc1)NCc1ccccc1Cn1cccn1. The third kappa shape index (κ3) is 6.38. The van der Waals surface area contributed by atoms with Crippen LogP contribution in [0, 0.1) is 0 Å². The van der Waals surface area contributed by atoms with Crippen molar-refractivity contribution in [2.24, 2.45) is 4.99 Å². The van der Waals surface area contributed by atoms with Crippen LogP contribution in [0.1, 0.15) is 30.5 Å². The lowest BCUT2D eigenvalue weighted by Crippen LogP contribution is -2.36. The minimum atomic E-state index is 0.179. The predicted molar refractivity (Wildman–Crippen MR) is 117 cm³/mol. The van der Waals surface area contributed by atoms with Gasteiger partial charge >= 0.3 is 0 Å². The fraction of sp³-hybridized carbons (Fsp3) is 0.304. The molecule has 6 heteroatoms. The fourth-order valence-corrected chi connectivity index (χ4v) is 3.00. The van der Waals surface area contributed by atoms with Gasteiger partial charge < -0.3 is 15.4 Å². The minimum absolute atomic E-state index is 0.179. The van der Waals surface area contributed by atoms with Gasteiger partial charge in [-0.1, -0.05) is 36.4 Å². The van der Waals surface area contributed by atoms with E-state index in [1.165, 1.54) is 16.7 Å². The van der Waals surface area contributed by atoms with E-state index in [1.807, 2.05) is 42.9 Å². The number of nitrogens with one attached hydrogen (secondary N) is 2. The molecule has 3 aromatic rings. The normalized spacial score (nSPS) is 11.5. The number of hydrogen-bond donors (Lipinski definition) is 2. The van der Waals surface area contributed by atoms with Gasteiger partial charge in [0.05, 0.1) is 12.6 Å². The van der Waals surface area contributed by atoms with Gasteiger partial charge in [0, 0.05) is 32.5 Å². The number of aromatic nitrogens is 2. The molecule has 0 bridgehead atoms. The van der Waals surface area contributed by atoms with Crippen molar-refractivity contribution in [1.82, 2.24) is 20.4 Å². The van der Waals surface area contributed by atoms with Gasteiger partial charge in [-0.2, -0.15) is 5.10 Å². The molecule has 1 aromatic heterocycles. The zero-order chi connectivity index (χ0) is 20.5. The Morgan fingerprint density at radius 1 is 1.00 bits per heavy atom. The molecule has 29 heavy (non-hydrogen) atoms. The number of hydrogen-bond acceptors (Lipinski definition) is 3. The molecule has 0 aliphatic rings. The maximum atomic E-state index is 5.69.